The van der Waals surface area contributed by atoms with Gasteiger partial charge >= 0.3 is 5.97 Å². The molecular weight excluding hydrogens is 342 g/mol. The Morgan fingerprint density at radius 3 is 2.30 bits per heavy atom. The number of hydrogen-bond acceptors (Lipinski definition) is 3. The van der Waals surface area contributed by atoms with Gasteiger partial charge in [0.2, 0.25) is 0 Å². The summed E-state index contributed by atoms with van der Waals surface area (Å²) in [5.74, 6) is -1.10. The molecule has 1 aromatic carbocycles. The third-order valence-electron chi connectivity index (χ3n) is 2.87. The van der Waals surface area contributed by atoms with E-state index in [1.807, 2.05) is 13.0 Å². The number of halogens is 1. The van der Waals surface area contributed by atoms with Crippen molar-refractivity contribution in [3.8, 4) is 0 Å². The number of hydrogen-bond donors (Lipinski definition) is 1. The van der Waals surface area contributed by atoms with Crippen molar-refractivity contribution in [1.29, 1.82) is 0 Å². The van der Waals surface area contributed by atoms with Gasteiger partial charge in [0.05, 0.1) is 14.2 Å². The van der Waals surface area contributed by atoms with Gasteiger partial charge in [-0.1, -0.05) is 0 Å². The number of benzene rings is 1. The molecule has 2 aromatic rings. The second kappa shape index (κ2) is 5.76. The molecule has 0 aliphatic heterocycles. The largest absolute Gasteiger partial charge is 0.478 e. The molecule has 1 amide bonds. The highest BCUT2D eigenvalue weighted by atomic mass is 79.9. The number of rotatable bonds is 3. The zero-order valence-electron chi connectivity index (χ0n) is 10.9. The molecule has 0 unspecified atom stereocenters. The number of thiophene rings is 1. The maximum absolute atomic E-state index is 12.3. The second-order valence-electron chi connectivity index (χ2n) is 4.28. The van der Waals surface area contributed by atoms with E-state index in [4.69, 9.17) is 5.11 Å². The molecule has 1 aromatic heterocycles. The van der Waals surface area contributed by atoms with Crippen LogP contribution in [0.3, 0.4) is 0 Å². The van der Waals surface area contributed by atoms with Gasteiger partial charge in [-0.3, -0.25) is 4.79 Å². The highest BCUT2D eigenvalue weighted by Gasteiger charge is 2.17. The lowest BCUT2D eigenvalue weighted by Gasteiger charge is -2.16. The Balaban J connectivity index is 2.24. The summed E-state index contributed by atoms with van der Waals surface area (Å²) in [6.45, 7) is 1.93. The molecule has 0 bridgehead atoms. The number of amides is 1. The Labute approximate surface area is 128 Å². The molecule has 104 valence electrons. The number of aromatic carboxylic acids is 1. The second-order valence-corrected chi connectivity index (χ2v) is 6.65. The quantitative estimate of drug-likeness (QED) is 0.912. The predicted octanol–water partition coefficient (Wildman–Crippen LogP) is 3.79. The van der Waals surface area contributed by atoms with Crippen LogP contribution in [0.2, 0.25) is 0 Å². The van der Waals surface area contributed by atoms with Gasteiger partial charge in [0.25, 0.3) is 5.91 Å². The third kappa shape index (κ3) is 2.91. The summed E-state index contributed by atoms with van der Waals surface area (Å²) >= 11 is 4.78. The average molecular weight is 354 g/mol. The summed E-state index contributed by atoms with van der Waals surface area (Å²) in [6.07, 6.45) is 0. The van der Waals surface area contributed by atoms with Crippen LogP contribution in [0.15, 0.2) is 34.1 Å². The van der Waals surface area contributed by atoms with Crippen molar-refractivity contribution in [2.24, 2.45) is 0 Å². The molecule has 0 atom stereocenters. The fourth-order valence-corrected chi connectivity index (χ4v) is 3.19. The van der Waals surface area contributed by atoms with E-state index in [9.17, 15) is 9.59 Å². The summed E-state index contributed by atoms with van der Waals surface area (Å²) in [7, 11) is 1.67. The molecule has 0 aliphatic rings. The number of carbonyl (C=O) groups is 2. The monoisotopic (exact) mass is 353 g/mol. The Hall–Kier alpha value is -1.66. The molecular formula is C14H12BrNO3S. The van der Waals surface area contributed by atoms with Crippen molar-refractivity contribution in [2.45, 2.75) is 6.92 Å². The zero-order chi connectivity index (χ0) is 14.9. The van der Waals surface area contributed by atoms with Crippen molar-refractivity contribution in [2.75, 3.05) is 11.9 Å². The van der Waals surface area contributed by atoms with E-state index in [1.54, 1.807) is 19.2 Å². The van der Waals surface area contributed by atoms with E-state index in [0.29, 0.717) is 10.6 Å². The fraction of sp³-hybridized carbons (Fsp3) is 0.143. The maximum atomic E-state index is 12.3. The van der Waals surface area contributed by atoms with Crippen LogP contribution in [0.25, 0.3) is 0 Å². The first-order chi connectivity index (χ1) is 9.40. The summed E-state index contributed by atoms with van der Waals surface area (Å²) in [6, 6.07) is 8.04. The van der Waals surface area contributed by atoms with E-state index in [0.717, 1.165) is 9.35 Å². The van der Waals surface area contributed by atoms with Crippen molar-refractivity contribution >= 4 is 44.8 Å². The van der Waals surface area contributed by atoms with E-state index >= 15 is 0 Å². The summed E-state index contributed by atoms with van der Waals surface area (Å²) in [5.41, 5.74) is 1.87. The van der Waals surface area contributed by atoms with Crippen LogP contribution < -0.4 is 4.90 Å². The van der Waals surface area contributed by atoms with Crippen molar-refractivity contribution in [3.63, 3.8) is 0 Å². The molecule has 0 radical (unpaired) electrons. The van der Waals surface area contributed by atoms with Crippen molar-refractivity contribution in [1.82, 2.24) is 0 Å². The molecule has 4 nitrogen and oxygen atoms in total. The Morgan fingerprint density at radius 1 is 1.25 bits per heavy atom. The normalized spacial score (nSPS) is 10.3. The standard InChI is InChI=1S/C14H12BrNO3S/c1-8-7-11(20-12(8)15)13(17)16(2)10-5-3-9(4-6-10)14(18)19/h3-7H,1-2H3,(H,18,19). The summed E-state index contributed by atoms with van der Waals surface area (Å²) < 4.78 is 0.940. The Morgan fingerprint density at radius 2 is 1.85 bits per heavy atom. The molecule has 0 aliphatic carbocycles. The lowest BCUT2D eigenvalue weighted by atomic mass is 10.2. The Bertz CT molecular complexity index is 644. The number of nitrogens with zero attached hydrogens (tertiary/aromatic N) is 1. The van der Waals surface area contributed by atoms with Crippen LogP contribution in [-0.4, -0.2) is 24.0 Å². The van der Waals surface area contributed by atoms with Crippen LogP contribution in [0.1, 0.15) is 25.6 Å². The first-order valence-corrected chi connectivity index (χ1v) is 7.38. The number of aryl methyl sites for hydroxylation is 1. The molecule has 0 saturated carbocycles. The highest BCUT2D eigenvalue weighted by molar-refractivity contribution is 9.11. The summed E-state index contributed by atoms with van der Waals surface area (Å²) in [5, 5.41) is 8.85. The van der Waals surface area contributed by atoms with Crippen LogP contribution in [-0.2, 0) is 0 Å². The van der Waals surface area contributed by atoms with Gasteiger partial charge in [-0.25, -0.2) is 4.79 Å². The number of carboxylic acids is 1. The first-order valence-electron chi connectivity index (χ1n) is 5.77. The van der Waals surface area contributed by atoms with Gasteiger partial charge in [0.1, 0.15) is 0 Å². The fourth-order valence-electron chi connectivity index (χ4n) is 1.68. The molecule has 6 heteroatoms. The minimum absolute atomic E-state index is 0.119. The molecule has 1 heterocycles. The van der Waals surface area contributed by atoms with Gasteiger partial charge in [-0.05, 0) is 58.7 Å². The van der Waals surface area contributed by atoms with Gasteiger partial charge in [0.15, 0.2) is 0 Å². The molecule has 0 saturated heterocycles. The molecule has 0 spiro atoms. The van der Waals surface area contributed by atoms with Gasteiger partial charge < -0.3 is 10.0 Å². The van der Waals surface area contributed by atoms with Gasteiger partial charge in [0, 0.05) is 12.7 Å². The third-order valence-corrected chi connectivity index (χ3v) is 5.00. The van der Waals surface area contributed by atoms with E-state index in [-0.39, 0.29) is 11.5 Å². The number of carbonyl (C=O) groups excluding carboxylic acids is 1. The predicted molar refractivity (Wildman–Crippen MR) is 82.9 cm³/mol. The highest BCUT2D eigenvalue weighted by Crippen LogP contribution is 2.29. The molecule has 20 heavy (non-hydrogen) atoms. The van der Waals surface area contributed by atoms with Crippen LogP contribution in [0.5, 0.6) is 0 Å². The molecule has 0 fully saturated rings. The average Bonchev–Trinajstić information content (AvgIpc) is 2.77. The topological polar surface area (TPSA) is 57.6 Å². The van der Waals surface area contributed by atoms with Crippen LogP contribution in [0, 0.1) is 6.92 Å². The van der Waals surface area contributed by atoms with E-state index in [2.05, 4.69) is 15.9 Å². The van der Waals surface area contributed by atoms with Crippen molar-refractivity contribution in [3.05, 3.63) is 50.1 Å². The first kappa shape index (κ1) is 14.7. The lowest BCUT2D eigenvalue weighted by Crippen LogP contribution is -2.25. The van der Waals surface area contributed by atoms with E-state index < -0.39 is 5.97 Å². The zero-order valence-corrected chi connectivity index (χ0v) is 13.3. The van der Waals surface area contributed by atoms with Crippen molar-refractivity contribution < 1.29 is 14.7 Å². The smallest absolute Gasteiger partial charge is 0.335 e. The van der Waals surface area contributed by atoms with Gasteiger partial charge in [-0.2, -0.15) is 0 Å². The minimum Gasteiger partial charge on any atom is -0.478 e. The SMILES string of the molecule is Cc1cc(C(=O)N(C)c2ccc(C(=O)O)cc2)sc1Br. The Kier molecular flexibility index (Phi) is 4.25. The maximum Gasteiger partial charge on any atom is 0.335 e. The van der Waals surface area contributed by atoms with Crippen LogP contribution in [0.4, 0.5) is 5.69 Å². The number of carboxylic acid groups (broad SMARTS) is 1. The van der Waals surface area contributed by atoms with E-state index in [1.165, 1.54) is 28.4 Å². The molecule has 2 rings (SSSR count). The number of anilines is 1. The van der Waals surface area contributed by atoms with Gasteiger partial charge in [-0.15, -0.1) is 11.3 Å². The molecule has 1 N–H and O–H groups in total. The minimum atomic E-state index is -0.983. The van der Waals surface area contributed by atoms with Crippen LogP contribution >= 0.6 is 27.3 Å². The lowest BCUT2D eigenvalue weighted by molar-refractivity contribution is 0.0696. The summed E-state index contributed by atoms with van der Waals surface area (Å²) in [4.78, 5) is 25.3.